The number of unbranched alkanes of at least 4 members (excludes halogenated alkanes) is 3. The average Bonchev–Trinajstić information content (AvgIpc) is 3.34. The highest BCUT2D eigenvalue weighted by Crippen LogP contribution is 2.26. The maximum Gasteiger partial charge on any atom is 0.303 e. The lowest BCUT2D eigenvalue weighted by atomic mass is 10.1. The van der Waals surface area contributed by atoms with Crippen LogP contribution in [0.2, 0.25) is 0 Å². The summed E-state index contributed by atoms with van der Waals surface area (Å²) < 4.78 is 5.59. The molecule has 0 radical (unpaired) electrons. The number of allylic oxidation sites excluding steroid dienone is 8. The van der Waals surface area contributed by atoms with Crippen molar-refractivity contribution < 1.29 is 14.6 Å². The van der Waals surface area contributed by atoms with Gasteiger partial charge in [-0.05, 0) is 38.5 Å². The Morgan fingerprint density at radius 3 is 2.56 bits per heavy atom. The van der Waals surface area contributed by atoms with E-state index >= 15 is 0 Å². The Morgan fingerprint density at radius 2 is 1.76 bits per heavy atom. The summed E-state index contributed by atoms with van der Waals surface area (Å²) in [5.41, 5.74) is 0. The molecular formula is C22H32O3. The van der Waals surface area contributed by atoms with Gasteiger partial charge in [0, 0.05) is 6.42 Å². The molecule has 0 aliphatic carbocycles. The van der Waals surface area contributed by atoms with E-state index in [1.807, 2.05) is 24.3 Å². The minimum absolute atomic E-state index is 0.263. The summed E-state index contributed by atoms with van der Waals surface area (Å²) in [4.78, 5) is 10.4. The molecule has 138 valence electrons. The van der Waals surface area contributed by atoms with Gasteiger partial charge < -0.3 is 9.84 Å². The number of rotatable bonds is 14. The van der Waals surface area contributed by atoms with Crippen LogP contribution in [0.15, 0.2) is 60.8 Å². The first kappa shape index (κ1) is 21.2. The number of ether oxygens (including phenoxy) is 1. The highest BCUT2D eigenvalue weighted by molar-refractivity contribution is 5.66. The first-order valence-electron chi connectivity index (χ1n) is 9.41. The number of aliphatic carboxylic acids is 1. The van der Waals surface area contributed by atoms with Gasteiger partial charge in [0.2, 0.25) is 0 Å². The molecule has 1 fully saturated rings. The molecule has 1 N–H and O–H groups in total. The molecule has 0 aromatic rings. The van der Waals surface area contributed by atoms with Crippen LogP contribution in [0.4, 0.5) is 0 Å². The zero-order valence-electron chi connectivity index (χ0n) is 15.3. The quantitative estimate of drug-likeness (QED) is 0.189. The summed E-state index contributed by atoms with van der Waals surface area (Å²) >= 11 is 0. The summed E-state index contributed by atoms with van der Waals surface area (Å²) in [5.74, 6) is -0.702. The first-order valence-corrected chi connectivity index (χ1v) is 9.41. The predicted octanol–water partition coefficient (Wildman–Crippen LogP) is 5.76. The Hall–Kier alpha value is -1.87. The lowest BCUT2D eigenvalue weighted by Gasteiger charge is -1.94. The van der Waals surface area contributed by atoms with Gasteiger partial charge in [-0.1, -0.05) is 74.1 Å². The van der Waals surface area contributed by atoms with E-state index in [9.17, 15) is 4.79 Å². The van der Waals surface area contributed by atoms with E-state index in [0.717, 1.165) is 44.9 Å². The second kappa shape index (κ2) is 14.5. The lowest BCUT2D eigenvalue weighted by molar-refractivity contribution is -0.137. The van der Waals surface area contributed by atoms with Gasteiger partial charge in [-0.15, -0.1) is 0 Å². The predicted molar refractivity (Wildman–Crippen MR) is 105 cm³/mol. The Kier molecular flexibility index (Phi) is 12.3. The minimum Gasteiger partial charge on any atom is -0.481 e. The second-order valence-corrected chi connectivity index (χ2v) is 6.15. The van der Waals surface area contributed by atoms with Crippen molar-refractivity contribution in [3.8, 4) is 0 Å². The van der Waals surface area contributed by atoms with Crippen molar-refractivity contribution in [2.45, 2.75) is 70.5 Å². The fraction of sp³-hybridized carbons (Fsp3) is 0.500. The van der Waals surface area contributed by atoms with Crippen LogP contribution in [-0.2, 0) is 9.53 Å². The van der Waals surface area contributed by atoms with Crippen molar-refractivity contribution >= 4 is 5.97 Å². The normalized spacial score (nSPS) is 20.8. The largest absolute Gasteiger partial charge is 0.481 e. The molecule has 1 heterocycles. The van der Waals surface area contributed by atoms with Gasteiger partial charge in [-0.3, -0.25) is 4.79 Å². The molecule has 3 nitrogen and oxygen atoms in total. The Labute approximate surface area is 152 Å². The van der Waals surface area contributed by atoms with E-state index in [1.54, 1.807) is 0 Å². The molecule has 0 amide bonds. The summed E-state index contributed by atoms with van der Waals surface area (Å²) in [6.07, 6.45) is 28.9. The fourth-order valence-corrected chi connectivity index (χ4v) is 2.38. The SMILES string of the molecule is CC/C=C\C/C=C\CC1OC1/C=C/C=C/C=C\CCCCCC(=O)O. The van der Waals surface area contributed by atoms with Crippen molar-refractivity contribution in [3.05, 3.63) is 60.8 Å². The van der Waals surface area contributed by atoms with Gasteiger partial charge in [-0.25, -0.2) is 0 Å². The molecule has 0 aromatic carbocycles. The van der Waals surface area contributed by atoms with Gasteiger partial charge in [0.05, 0.1) is 6.10 Å². The molecule has 1 saturated heterocycles. The van der Waals surface area contributed by atoms with Crippen molar-refractivity contribution in [1.82, 2.24) is 0 Å². The van der Waals surface area contributed by atoms with Gasteiger partial charge in [0.15, 0.2) is 0 Å². The average molecular weight is 344 g/mol. The Balaban J connectivity index is 1.99. The number of epoxide rings is 1. The van der Waals surface area contributed by atoms with Crippen LogP contribution in [0.5, 0.6) is 0 Å². The van der Waals surface area contributed by atoms with Crippen molar-refractivity contribution in [1.29, 1.82) is 0 Å². The molecule has 3 heteroatoms. The monoisotopic (exact) mass is 344 g/mol. The van der Waals surface area contributed by atoms with E-state index in [-0.39, 0.29) is 12.5 Å². The molecule has 0 spiro atoms. The molecule has 1 aliphatic heterocycles. The Morgan fingerprint density at radius 1 is 0.960 bits per heavy atom. The smallest absolute Gasteiger partial charge is 0.303 e. The fourth-order valence-electron chi connectivity index (χ4n) is 2.38. The molecule has 0 saturated carbocycles. The van der Waals surface area contributed by atoms with Gasteiger partial charge in [0.25, 0.3) is 0 Å². The maximum absolute atomic E-state index is 10.4. The molecule has 2 unspecified atom stereocenters. The van der Waals surface area contributed by atoms with E-state index < -0.39 is 5.97 Å². The lowest BCUT2D eigenvalue weighted by Crippen LogP contribution is -1.93. The molecule has 1 rings (SSSR count). The van der Waals surface area contributed by atoms with Gasteiger partial charge >= 0.3 is 5.97 Å². The van der Waals surface area contributed by atoms with Crippen LogP contribution < -0.4 is 0 Å². The number of carboxylic acids is 1. The van der Waals surface area contributed by atoms with Gasteiger partial charge in [0.1, 0.15) is 6.10 Å². The third kappa shape index (κ3) is 13.1. The van der Waals surface area contributed by atoms with E-state index in [0.29, 0.717) is 6.10 Å². The maximum atomic E-state index is 10.4. The number of carboxylic acid groups (broad SMARTS) is 1. The zero-order chi connectivity index (χ0) is 18.2. The molecular weight excluding hydrogens is 312 g/mol. The van der Waals surface area contributed by atoms with Crippen molar-refractivity contribution in [3.63, 3.8) is 0 Å². The highest BCUT2D eigenvalue weighted by atomic mass is 16.6. The zero-order valence-corrected chi connectivity index (χ0v) is 15.3. The number of carbonyl (C=O) groups is 1. The molecule has 2 atom stereocenters. The second-order valence-electron chi connectivity index (χ2n) is 6.15. The summed E-state index contributed by atoms with van der Waals surface area (Å²) in [6, 6.07) is 0. The topological polar surface area (TPSA) is 49.8 Å². The molecule has 0 aromatic heterocycles. The summed E-state index contributed by atoms with van der Waals surface area (Å²) in [7, 11) is 0. The van der Waals surface area contributed by atoms with Crippen LogP contribution >= 0.6 is 0 Å². The standard InChI is InChI=1S/C22H32O3/c1-2-3-4-5-11-14-17-20-21(25-20)18-15-12-9-7-6-8-10-13-16-19-22(23)24/h3-4,6-7,9,11-12,14-15,18,20-21H,2,5,8,10,13,16-17,19H2,1H3,(H,23,24)/b4-3-,7-6-,12-9+,14-11-,18-15+. The number of hydrogen-bond acceptors (Lipinski definition) is 2. The Bertz CT molecular complexity index is 497. The number of hydrogen-bond donors (Lipinski definition) is 1. The van der Waals surface area contributed by atoms with E-state index in [1.165, 1.54) is 0 Å². The van der Waals surface area contributed by atoms with Crippen LogP contribution in [0.1, 0.15) is 58.3 Å². The third-order valence-corrected chi connectivity index (χ3v) is 3.86. The summed E-state index contributed by atoms with van der Waals surface area (Å²) in [5, 5.41) is 8.53. The third-order valence-electron chi connectivity index (χ3n) is 3.86. The van der Waals surface area contributed by atoms with Crippen LogP contribution in [0, 0.1) is 0 Å². The van der Waals surface area contributed by atoms with E-state index in [4.69, 9.17) is 9.84 Å². The summed E-state index contributed by atoms with van der Waals surface area (Å²) in [6.45, 7) is 2.14. The first-order chi connectivity index (χ1) is 12.2. The molecule has 1 aliphatic rings. The molecule has 25 heavy (non-hydrogen) atoms. The van der Waals surface area contributed by atoms with Crippen LogP contribution in [0.3, 0.4) is 0 Å². The van der Waals surface area contributed by atoms with Crippen molar-refractivity contribution in [2.24, 2.45) is 0 Å². The van der Waals surface area contributed by atoms with Crippen molar-refractivity contribution in [2.75, 3.05) is 0 Å². The minimum atomic E-state index is -0.702. The molecule has 0 bridgehead atoms. The van der Waals surface area contributed by atoms with Crippen LogP contribution in [-0.4, -0.2) is 23.3 Å². The highest BCUT2D eigenvalue weighted by Gasteiger charge is 2.34. The van der Waals surface area contributed by atoms with Crippen LogP contribution in [0.25, 0.3) is 0 Å². The van der Waals surface area contributed by atoms with E-state index in [2.05, 4.69) is 43.4 Å². The van der Waals surface area contributed by atoms with Gasteiger partial charge in [-0.2, -0.15) is 0 Å².